The van der Waals surface area contributed by atoms with Gasteiger partial charge in [-0.1, -0.05) is 19.8 Å². The maximum atomic E-state index is 9.53. The summed E-state index contributed by atoms with van der Waals surface area (Å²) in [5.41, 5.74) is 0. The first kappa shape index (κ1) is 22.7. The van der Waals surface area contributed by atoms with Crippen molar-refractivity contribution in [3.05, 3.63) is 0 Å². The van der Waals surface area contributed by atoms with Crippen LogP contribution in [0.25, 0.3) is 0 Å². The molecule has 0 atom stereocenters. The molecule has 0 radical (unpaired) electrons. The smallest absolute Gasteiger partial charge is 0.854 e. The monoisotopic (exact) mass is 204 g/mol. The van der Waals surface area contributed by atoms with Gasteiger partial charge in [0.2, 0.25) is 0 Å². The largest absolute Gasteiger partial charge is 4.00 e. The van der Waals surface area contributed by atoms with Gasteiger partial charge < -0.3 is 15.0 Å². The Morgan fingerprint density at radius 3 is 1.73 bits per heavy atom. The Morgan fingerprint density at radius 1 is 1.45 bits per heavy atom. The Hall–Kier alpha value is 0.911. The molecule has 0 amide bonds. The zero-order valence-corrected chi connectivity index (χ0v) is 10.0. The van der Waals surface area contributed by atoms with Gasteiger partial charge in [-0.15, -0.1) is 6.61 Å². The minimum Gasteiger partial charge on any atom is -0.854 e. The number of aliphatic carboxylic acids is 1. The van der Waals surface area contributed by atoms with E-state index in [1.165, 1.54) is 0 Å². The Labute approximate surface area is 98.6 Å². The van der Waals surface area contributed by atoms with Crippen molar-refractivity contribution < 1.29 is 36.7 Å². The summed E-state index contributed by atoms with van der Waals surface area (Å²) in [4.78, 5) is 8.89. The van der Waals surface area contributed by atoms with Crippen LogP contribution in [0.15, 0.2) is 0 Å². The fourth-order valence-corrected chi connectivity index (χ4v) is 0.144. The molecule has 0 bridgehead atoms. The second-order valence-corrected chi connectivity index (χ2v) is 1.55. The molecule has 0 unspecified atom stereocenters. The number of carbonyl (C=O) groups excluding carboxylic acids is 1. The molecule has 0 rings (SSSR count). The molecule has 0 saturated heterocycles. The molecule has 11 heavy (non-hydrogen) atoms. The summed E-state index contributed by atoms with van der Waals surface area (Å²) in [5, 5.41) is 18.4. The Kier molecular flexibility index (Phi) is 46.2. The van der Waals surface area contributed by atoms with Crippen LogP contribution >= 0.6 is 0 Å². The van der Waals surface area contributed by atoms with Gasteiger partial charge in [0.05, 0.1) is 0 Å². The van der Waals surface area contributed by atoms with E-state index in [1.807, 2.05) is 6.92 Å². The summed E-state index contributed by atoms with van der Waals surface area (Å²) in [6.07, 6.45) is 1.86. The summed E-state index contributed by atoms with van der Waals surface area (Å²) in [7, 11) is 0. The zero-order valence-electron chi connectivity index (χ0n) is 7.05. The summed E-state index contributed by atoms with van der Waals surface area (Å²) < 4.78 is 0. The fraction of sp³-hybridized carbons (Fsp3) is 0.833. The number of unbranched alkanes of at least 4 members (excludes halogenated alkanes) is 1. The summed E-state index contributed by atoms with van der Waals surface area (Å²) >= 11 is 0. The first-order chi connectivity index (χ1) is 4.15. The maximum absolute atomic E-state index is 9.53. The van der Waals surface area contributed by atoms with Gasteiger partial charge in [0, 0.05) is 5.97 Å². The molecule has 56 valence electrons. The normalized spacial score (nSPS) is 6.09. The zero-order chi connectivity index (χ0) is 7.70. The molecule has 0 aliphatic heterocycles. The molecule has 0 heterocycles. The van der Waals surface area contributed by atoms with Crippen LogP contribution in [0.1, 0.15) is 26.7 Å². The topological polar surface area (TPSA) is 63.2 Å². The molecule has 0 aromatic heterocycles. The molecule has 0 aromatic rings. The van der Waals surface area contributed by atoms with Crippen LogP contribution in [0.5, 0.6) is 0 Å². The van der Waals surface area contributed by atoms with Gasteiger partial charge in [0.25, 0.3) is 0 Å². The van der Waals surface area contributed by atoms with E-state index in [4.69, 9.17) is 9.90 Å². The number of hydrogen-bond acceptors (Lipinski definition) is 3. The van der Waals surface area contributed by atoms with Gasteiger partial charge in [0.1, 0.15) is 0 Å². The molecule has 0 fully saturated rings. The van der Waals surface area contributed by atoms with Gasteiger partial charge in [-0.25, -0.2) is 0 Å². The molecule has 0 spiro atoms. The van der Waals surface area contributed by atoms with E-state index in [-0.39, 0.29) is 51.4 Å². The number of carboxylic acid groups (broad SMARTS) is 1. The third kappa shape index (κ3) is 102. The average Bonchev–Trinajstić information content (AvgIpc) is 1.66. The van der Waals surface area contributed by atoms with Gasteiger partial charge >= 0.3 is 44.8 Å². The van der Waals surface area contributed by atoms with Crippen molar-refractivity contribution in [1.82, 2.24) is 0 Å². The van der Waals surface area contributed by atoms with Crippen LogP contribution < -0.4 is 10.2 Å². The van der Waals surface area contributed by atoms with Crippen LogP contribution in [0.4, 0.5) is 0 Å². The number of hydrogen-bond donors (Lipinski definition) is 0. The standard InChI is InChI=1S/C4H9O.C2H4O2.Mg.Ti/c1-2-3-4-5;1-2(3)4;;/h2-4H2,1H3;1H3,(H,3,4);;/q-1;;+2;+4/p-1. The van der Waals surface area contributed by atoms with Crippen molar-refractivity contribution in [3.8, 4) is 0 Å². The second-order valence-electron chi connectivity index (χ2n) is 1.55. The SMILES string of the molecule is CC(=O)[O-].CCCC[O-].[Mg+2].[Ti+4]. The number of rotatable bonds is 2. The predicted octanol–water partition coefficient (Wildman–Crippen LogP) is -1.48. The Bertz CT molecular complexity index is 64.8. The second kappa shape index (κ2) is 22.4. The quantitative estimate of drug-likeness (QED) is 0.515. The number of carboxylic acids is 1. The third-order valence-corrected chi connectivity index (χ3v) is 0.498. The van der Waals surface area contributed by atoms with Crippen LogP contribution in [0, 0.1) is 0 Å². The molecule has 0 aliphatic carbocycles. The third-order valence-electron chi connectivity index (χ3n) is 0.498. The van der Waals surface area contributed by atoms with Crippen LogP contribution in [0.3, 0.4) is 0 Å². The van der Waals surface area contributed by atoms with Crippen molar-refractivity contribution in [1.29, 1.82) is 0 Å². The van der Waals surface area contributed by atoms with E-state index in [2.05, 4.69) is 0 Å². The molecule has 5 heteroatoms. The van der Waals surface area contributed by atoms with E-state index in [1.54, 1.807) is 0 Å². The summed E-state index contributed by atoms with van der Waals surface area (Å²) in [5.74, 6) is -1.08. The Balaban J connectivity index is -0.0000000383. The molecular weight excluding hydrogens is 192 g/mol. The van der Waals surface area contributed by atoms with Gasteiger partial charge in [-0.05, 0) is 6.92 Å². The van der Waals surface area contributed by atoms with Crippen LogP contribution in [-0.4, -0.2) is 35.6 Å². The van der Waals surface area contributed by atoms with E-state index >= 15 is 0 Å². The average molecular weight is 204 g/mol. The first-order valence-corrected chi connectivity index (χ1v) is 2.90. The van der Waals surface area contributed by atoms with E-state index < -0.39 is 5.97 Å². The van der Waals surface area contributed by atoms with Crippen molar-refractivity contribution in [2.75, 3.05) is 6.61 Å². The minimum absolute atomic E-state index is 0. The molecule has 3 nitrogen and oxygen atoms in total. The summed E-state index contributed by atoms with van der Waals surface area (Å²) in [6.45, 7) is 3.08. The summed E-state index contributed by atoms with van der Waals surface area (Å²) in [6, 6.07) is 0. The van der Waals surface area contributed by atoms with Crippen molar-refractivity contribution >= 4 is 29.0 Å². The number of carbonyl (C=O) groups is 1. The van der Waals surface area contributed by atoms with E-state index in [0.29, 0.717) is 0 Å². The first-order valence-electron chi connectivity index (χ1n) is 2.90. The molecular formula is C6H12MgO3Ti+4. The van der Waals surface area contributed by atoms with Gasteiger partial charge in [-0.3, -0.25) is 0 Å². The molecule has 0 aliphatic rings. The van der Waals surface area contributed by atoms with Crippen molar-refractivity contribution in [2.24, 2.45) is 0 Å². The van der Waals surface area contributed by atoms with E-state index in [0.717, 1.165) is 19.8 Å². The fourth-order valence-electron chi connectivity index (χ4n) is 0.144. The van der Waals surface area contributed by atoms with Crippen LogP contribution in [0.2, 0.25) is 0 Å². The van der Waals surface area contributed by atoms with E-state index in [9.17, 15) is 5.11 Å². The predicted molar refractivity (Wildman–Crippen MR) is 36.2 cm³/mol. The van der Waals surface area contributed by atoms with Crippen molar-refractivity contribution in [3.63, 3.8) is 0 Å². The van der Waals surface area contributed by atoms with Crippen molar-refractivity contribution in [2.45, 2.75) is 26.7 Å². The molecule has 0 aromatic carbocycles. The molecule has 0 saturated carbocycles. The molecule has 0 N–H and O–H groups in total. The van der Waals surface area contributed by atoms with Crippen LogP contribution in [-0.2, 0) is 26.5 Å². The Morgan fingerprint density at radius 2 is 1.73 bits per heavy atom. The van der Waals surface area contributed by atoms with Gasteiger partial charge in [0.15, 0.2) is 0 Å². The minimum atomic E-state index is -1.08. The maximum Gasteiger partial charge on any atom is 4.00 e. The van der Waals surface area contributed by atoms with Gasteiger partial charge in [-0.2, -0.15) is 0 Å².